The van der Waals surface area contributed by atoms with Crippen molar-refractivity contribution in [3.63, 3.8) is 0 Å². The molecule has 2 fully saturated rings. The highest BCUT2D eigenvalue weighted by Gasteiger charge is 2.42. The minimum Gasteiger partial charge on any atom is -0.500 e. The first-order chi connectivity index (χ1) is 6.85. The van der Waals surface area contributed by atoms with Crippen LogP contribution in [-0.4, -0.2) is 17.1 Å². The lowest BCUT2D eigenvalue weighted by Crippen LogP contribution is -2.14. The van der Waals surface area contributed by atoms with Gasteiger partial charge < -0.3 is 4.74 Å². The normalized spacial score (nSPS) is 31.4. The summed E-state index contributed by atoms with van der Waals surface area (Å²) in [6.07, 6.45) is 9.98. The molecule has 2 rings (SSSR count). The van der Waals surface area contributed by atoms with Crippen LogP contribution in [0.2, 0.25) is 0 Å². The number of ether oxygens (including phenoxy) is 1. The standard InChI is InChI=1S/C12H20OS/c1-2-12(10-14-12)9-13-8-11-6-4-3-5-7-11/h8H,2-7,9-10H2,1H3. The smallest absolute Gasteiger partial charge is 0.103 e. The molecule has 1 aliphatic carbocycles. The first-order valence-electron chi connectivity index (χ1n) is 5.78. The molecule has 14 heavy (non-hydrogen) atoms. The molecule has 0 amide bonds. The van der Waals surface area contributed by atoms with Crippen molar-refractivity contribution in [2.45, 2.75) is 50.2 Å². The molecule has 1 atom stereocenters. The van der Waals surface area contributed by atoms with Crippen LogP contribution in [0, 0.1) is 0 Å². The van der Waals surface area contributed by atoms with Crippen molar-refractivity contribution in [3.8, 4) is 0 Å². The van der Waals surface area contributed by atoms with Crippen LogP contribution in [0.3, 0.4) is 0 Å². The van der Waals surface area contributed by atoms with E-state index in [-0.39, 0.29) is 0 Å². The van der Waals surface area contributed by atoms with Gasteiger partial charge in [-0.25, -0.2) is 0 Å². The molecule has 0 radical (unpaired) electrons. The number of hydrogen-bond donors (Lipinski definition) is 0. The number of hydrogen-bond acceptors (Lipinski definition) is 2. The van der Waals surface area contributed by atoms with Crippen molar-refractivity contribution in [3.05, 3.63) is 11.8 Å². The molecular weight excluding hydrogens is 192 g/mol. The largest absolute Gasteiger partial charge is 0.500 e. The van der Waals surface area contributed by atoms with Crippen molar-refractivity contribution < 1.29 is 4.74 Å². The van der Waals surface area contributed by atoms with Crippen LogP contribution >= 0.6 is 11.8 Å². The Balaban J connectivity index is 1.70. The van der Waals surface area contributed by atoms with E-state index in [1.54, 1.807) is 0 Å². The van der Waals surface area contributed by atoms with Gasteiger partial charge in [0.15, 0.2) is 0 Å². The van der Waals surface area contributed by atoms with Crippen molar-refractivity contribution >= 4 is 11.8 Å². The van der Waals surface area contributed by atoms with Gasteiger partial charge in [-0.1, -0.05) is 13.3 Å². The zero-order valence-electron chi connectivity index (χ0n) is 9.05. The summed E-state index contributed by atoms with van der Waals surface area (Å²) in [4.78, 5) is 0. The first kappa shape index (κ1) is 10.4. The fraction of sp³-hybridized carbons (Fsp3) is 0.833. The Hall–Kier alpha value is -0.110. The summed E-state index contributed by atoms with van der Waals surface area (Å²) in [6, 6.07) is 0. The van der Waals surface area contributed by atoms with Crippen LogP contribution in [0.5, 0.6) is 0 Å². The lowest BCUT2D eigenvalue weighted by atomic mass is 9.96. The minimum atomic E-state index is 0.492. The van der Waals surface area contributed by atoms with E-state index in [4.69, 9.17) is 4.74 Å². The van der Waals surface area contributed by atoms with Gasteiger partial charge in [-0.2, -0.15) is 0 Å². The van der Waals surface area contributed by atoms with Gasteiger partial charge in [0.05, 0.1) is 11.0 Å². The number of thioether (sulfide) groups is 1. The molecule has 1 saturated heterocycles. The van der Waals surface area contributed by atoms with Crippen LogP contribution in [0.1, 0.15) is 45.4 Å². The quantitative estimate of drug-likeness (QED) is 0.518. The molecule has 1 heterocycles. The lowest BCUT2D eigenvalue weighted by molar-refractivity contribution is 0.223. The highest BCUT2D eigenvalue weighted by molar-refractivity contribution is 8.07. The average Bonchev–Trinajstić information content (AvgIpc) is 3.00. The van der Waals surface area contributed by atoms with E-state index < -0.39 is 0 Å². The third kappa shape index (κ3) is 2.69. The second-order valence-electron chi connectivity index (χ2n) is 4.47. The summed E-state index contributed by atoms with van der Waals surface area (Å²) in [5.74, 6) is 1.30. The van der Waals surface area contributed by atoms with E-state index in [2.05, 4.69) is 13.2 Å². The number of rotatable bonds is 4. The Bertz CT molecular complexity index is 210. The Morgan fingerprint density at radius 1 is 1.36 bits per heavy atom. The second kappa shape index (κ2) is 4.61. The Labute approximate surface area is 91.3 Å². The summed E-state index contributed by atoms with van der Waals surface area (Å²) in [7, 11) is 0. The SMILES string of the molecule is CCC1(COC=C2CCCCC2)CS1. The van der Waals surface area contributed by atoms with Crippen LogP contribution < -0.4 is 0 Å². The third-order valence-electron chi connectivity index (χ3n) is 3.29. The van der Waals surface area contributed by atoms with Crippen LogP contribution in [0.25, 0.3) is 0 Å². The molecule has 0 aromatic rings. The maximum Gasteiger partial charge on any atom is 0.103 e. The highest BCUT2D eigenvalue weighted by atomic mass is 32.2. The molecule has 1 saturated carbocycles. The van der Waals surface area contributed by atoms with E-state index in [0.717, 1.165) is 6.61 Å². The van der Waals surface area contributed by atoms with E-state index in [1.807, 2.05) is 11.8 Å². The maximum absolute atomic E-state index is 5.71. The minimum absolute atomic E-state index is 0.492. The van der Waals surface area contributed by atoms with Crippen LogP contribution in [-0.2, 0) is 4.74 Å². The van der Waals surface area contributed by atoms with Gasteiger partial charge in [0.1, 0.15) is 6.61 Å². The molecule has 0 spiro atoms. The van der Waals surface area contributed by atoms with Crippen LogP contribution in [0.15, 0.2) is 11.8 Å². The summed E-state index contributed by atoms with van der Waals surface area (Å²) in [5, 5.41) is 0. The van der Waals surface area contributed by atoms with Gasteiger partial charge in [0.2, 0.25) is 0 Å². The molecule has 2 aliphatic rings. The van der Waals surface area contributed by atoms with E-state index >= 15 is 0 Å². The van der Waals surface area contributed by atoms with Gasteiger partial charge >= 0.3 is 0 Å². The molecule has 1 nitrogen and oxygen atoms in total. The molecule has 1 aliphatic heterocycles. The molecule has 1 unspecified atom stereocenters. The lowest BCUT2D eigenvalue weighted by Gasteiger charge is -2.15. The highest BCUT2D eigenvalue weighted by Crippen LogP contribution is 2.47. The van der Waals surface area contributed by atoms with Gasteiger partial charge in [-0.05, 0) is 37.7 Å². The van der Waals surface area contributed by atoms with Crippen molar-refractivity contribution in [2.24, 2.45) is 0 Å². The summed E-state index contributed by atoms with van der Waals surface area (Å²) in [5.41, 5.74) is 1.54. The summed E-state index contributed by atoms with van der Waals surface area (Å²) >= 11 is 2.05. The third-order valence-corrected chi connectivity index (χ3v) is 4.80. The predicted molar refractivity (Wildman–Crippen MR) is 62.6 cm³/mol. The first-order valence-corrected chi connectivity index (χ1v) is 6.77. The maximum atomic E-state index is 5.71. The van der Waals surface area contributed by atoms with Crippen LogP contribution in [0.4, 0.5) is 0 Å². The Kier molecular flexibility index (Phi) is 3.42. The molecular formula is C12H20OS. The van der Waals surface area contributed by atoms with E-state index in [9.17, 15) is 0 Å². The van der Waals surface area contributed by atoms with Gasteiger partial charge in [0.25, 0.3) is 0 Å². The molecule has 0 N–H and O–H groups in total. The molecule has 0 bridgehead atoms. The Morgan fingerprint density at radius 2 is 2.07 bits per heavy atom. The molecule has 2 heteroatoms. The molecule has 0 aromatic heterocycles. The van der Waals surface area contributed by atoms with Crippen molar-refractivity contribution in [1.82, 2.24) is 0 Å². The topological polar surface area (TPSA) is 9.23 Å². The average molecular weight is 212 g/mol. The van der Waals surface area contributed by atoms with Crippen molar-refractivity contribution in [1.29, 1.82) is 0 Å². The second-order valence-corrected chi connectivity index (χ2v) is 5.92. The van der Waals surface area contributed by atoms with Gasteiger partial charge in [-0.15, -0.1) is 11.8 Å². The summed E-state index contributed by atoms with van der Waals surface area (Å²) < 4.78 is 6.20. The Morgan fingerprint density at radius 3 is 2.64 bits per heavy atom. The van der Waals surface area contributed by atoms with Gasteiger partial charge in [-0.3, -0.25) is 0 Å². The predicted octanol–water partition coefficient (Wildman–Crippen LogP) is 3.75. The van der Waals surface area contributed by atoms with E-state index in [0.29, 0.717) is 4.75 Å². The zero-order valence-corrected chi connectivity index (χ0v) is 9.87. The monoisotopic (exact) mass is 212 g/mol. The fourth-order valence-corrected chi connectivity index (χ4v) is 2.77. The fourth-order valence-electron chi connectivity index (χ4n) is 1.93. The van der Waals surface area contributed by atoms with Gasteiger partial charge in [0, 0.05) is 5.75 Å². The summed E-state index contributed by atoms with van der Waals surface area (Å²) in [6.45, 7) is 3.19. The molecule has 80 valence electrons. The molecule has 0 aromatic carbocycles. The zero-order chi connectivity index (χ0) is 9.86. The van der Waals surface area contributed by atoms with E-state index in [1.165, 1.54) is 49.9 Å². The van der Waals surface area contributed by atoms with Crippen molar-refractivity contribution in [2.75, 3.05) is 12.4 Å². The number of allylic oxidation sites excluding steroid dienone is 1.